The van der Waals surface area contributed by atoms with Gasteiger partial charge in [0, 0.05) is 10.9 Å². The summed E-state index contributed by atoms with van der Waals surface area (Å²) in [6.07, 6.45) is 1.35. The first-order chi connectivity index (χ1) is 11.2. The highest BCUT2D eigenvalue weighted by molar-refractivity contribution is 7.80. The third-order valence-electron chi connectivity index (χ3n) is 3.63. The molecule has 6 heteroatoms. The highest BCUT2D eigenvalue weighted by Gasteiger charge is 2.33. The third kappa shape index (κ3) is 2.03. The van der Waals surface area contributed by atoms with E-state index < -0.39 is 11.9 Å². The Morgan fingerprint density at radius 1 is 1.04 bits per heavy atom. The van der Waals surface area contributed by atoms with E-state index in [4.69, 9.17) is 21.5 Å². The van der Waals surface area contributed by atoms with Gasteiger partial charge in [0.25, 0.3) is 5.91 Å². The highest BCUT2D eigenvalue weighted by Crippen LogP contribution is 2.30. The van der Waals surface area contributed by atoms with Crippen LogP contribution in [0.5, 0.6) is 0 Å². The van der Waals surface area contributed by atoms with Crippen molar-refractivity contribution in [2.45, 2.75) is 0 Å². The van der Waals surface area contributed by atoms with E-state index in [1.165, 1.54) is 12.3 Å². The molecule has 1 aromatic heterocycles. The zero-order valence-electron chi connectivity index (χ0n) is 11.7. The van der Waals surface area contributed by atoms with Crippen molar-refractivity contribution >= 4 is 39.9 Å². The lowest BCUT2D eigenvalue weighted by Crippen LogP contribution is -2.41. The summed E-state index contributed by atoms with van der Waals surface area (Å²) in [6.45, 7) is 0. The van der Waals surface area contributed by atoms with Crippen molar-refractivity contribution in [2.75, 3.05) is 0 Å². The Balaban J connectivity index is 1.79. The number of hydrogen-bond acceptors (Lipinski definition) is 5. The minimum atomic E-state index is -0.780. The van der Waals surface area contributed by atoms with Gasteiger partial charge in [-0.2, -0.15) is 0 Å². The van der Waals surface area contributed by atoms with Gasteiger partial charge in [-0.1, -0.05) is 42.5 Å². The molecule has 2 heterocycles. The average molecular weight is 323 g/mol. The highest BCUT2D eigenvalue weighted by atomic mass is 32.1. The first-order valence-electron chi connectivity index (χ1n) is 6.83. The lowest BCUT2D eigenvalue weighted by atomic mass is 9.95. The Morgan fingerprint density at radius 2 is 1.78 bits per heavy atom. The van der Waals surface area contributed by atoms with Crippen LogP contribution in [0.3, 0.4) is 0 Å². The molecule has 2 aromatic carbocycles. The zero-order chi connectivity index (χ0) is 16.0. The van der Waals surface area contributed by atoms with Crippen molar-refractivity contribution < 1.29 is 18.8 Å². The number of carbonyl (C=O) groups excluding carboxylic acids is 2. The number of hydroxylamine groups is 2. The maximum atomic E-state index is 12.6. The van der Waals surface area contributed by atoms with E-state index in [9.17, 15) is 9.59 Å². The summed E-state index contributed by atoms with van der Waals surface area (Å²) in [4.78, 5) is 30.0. The van der Waals surface area contributed by atoms with E-state index in [1.54, 1.807) is 24.3 Å². The average Bonchev–Trinajstić information content (AvgIpc) is 3.11. The number of carbonyl (C=O) groups is 2. The standard InChI is InChI=1S/C17H9NO4S/c19-15-11-6-1-4-10-5-2-7-12(14(10)11)16(23)18(15)22-17(20)13-8-3-9-21-13/h1-9H. The molecule has 1 aliphatic rings. The molecule has 0 bridgehead atoms. The molecule has 1 amide bonds. The van der Waals surface area contributed by atoms with Crippen molar-refractivity contribution in [1.29, 1.82) is 0 Å². The van der Waals surface area contributed by atoms with Crippen LogP contribution in [0.2, 0.25) is 0 Å². The molecule has 3 aromatic rings. The van der Waals surface area contributed by atoms with Gasteiger partial charge in [0.1, 0.15) is 0 Å². The second-order valence-electron chi connectivity index (χ2n) is 4.97. The van der Waals surface area contributed by atoms with Crippen molar-refractivity contribution in [1.82, 2.24) is 5.06 Å². The number of benzene rings is 2. The van der Waals surface area contributed by atoms with E-state index in [1.807, 2.05) is 18.2 Å². The van der Waals surface area contributed by atoms with Crippen LogP contribution in [-0.2, 0) is 4.84 Å². The molecule has 0 spiro atoms. The van der Waals surface area contributed by atoms with Crippen LogP contribution in [0.15, 0.2) is 59.2 Å². The SMILES string of the molecule is O=C(ON1C(=O)c2cccc3cccc(c23)C1=S)c1ccco1. The van der Waals surface area contributed by atoms with Crippen LogP contribution in [0.1, 0.15) is 26.5 Å². The first-order valence-corrected chi connectivity index (χ1v) is 7.24. The Kier molecular flexibility index (Phi) is 2.99. The fraction of sp³-hybridized carbons (Fsp3) is 0. The molecular formula is C17H9NO4S. The molecule has 0 N–H and O–H groups in total. The molecule has 112 valence electrons. The fourth-order valence-electron chi connectivity index (χ4n) is 2.61. The predicted octanol–water partition coefficient (Wildman–Crippen LogP) is 3.34. The number of thiocarbonyl (C=S) groups is 1. The summed E-state index contributed by atoms with van der Waals surface area (Å²) in [7, 11) is 0. The zero-order valence-corrected chi connectivity index (χ0v) is 12.5. The molecule has 5 nitrogen and oxygen atoms in total. The number of nitrogens with zero attached hydrogens (tertiary/aromatic N) is 1. The Morgan fingerprint density at radius 3 is 2.48 bits per heavy atom. The summed E-state index contributed by atoms with van der Waals surface area (Å²) in [5.41, 5.74) is 1.12. The van der Waals surface area contributed by atoms with Crippen LogP contribution in [0, 0.1) is 0 Å². The normalized spacial score (nSPS) is 13.5. The summed E-state index contributed by atoms with van der Waals surface area (Å²) >= 11 is 5.34. The summed E-state index contributed by atoms with van der Waals surface area (Å²) in [5.74, 6) is -1.26. The largest absolute Gasteiger partial charge is 0.457 e. The molecule has 0 atom stereocenters. The van der Waals surface area contributed by atoms with Gasteiger partial charge >= 0.3 is 5.97 Å². The van der Waals surface area contributed by atoms with Crippen LogP contribution in [-0.4, -0.2) is 21.9 Å². The molecule has 0 unspecified atom stereocenters. The smallest absolute Gasteiger partial charge is 0.398 e. The molecule has 0 saturated heterocycles. The number of rotatable bonds is 2. The van der Waals surface area contributed by atoms with Crippen molar-refractivity contribution in [3.05, 3.63) is 71.7 Å². The van der Waals surface area contributed by atoms with Crippen LogP contribution >= 0.6 is 12.2 Å². The van der Waals surface area contributed by atoms with E-state index in [0.717, 1.165) is 15.8 Å². The van der Waals surface area contributed by atoms with Gasteiger partial charge in [-0.25, -0.2) is 4.79 Å². The minimum absolute atomic E-state index is 0.00216. The molecule has 0 radical (unpaired) electrons. The van der Waals surface area contributed by atoms with Gasteiger partial charge in [0.15, 0.2) is 4.99 Å². The predicted molar refractivity (Wildman–Crippen MR) is 85.9 cm³/mol. The lowest BCUT2D eigenvalue weighted by molar-refractivity contribution is -0.0405. The van der Waals surface area contributed by atoms with E-state index >= 15 is 0 Å². The van der Waals surface area contributed by atoms with Gasteiger partial charge in [0.2, 0.25) is 5.76 Å². The van der Waals surface area contributed by atoms with E-state index in [2.05, 4.69) is 0 Å². The summed E-state index contributed by atoms with van der Waals surface area (Å²) in [6, 6.07) is 13.9. The Labute approximate surface area is 136 Å². The molecule has 23 heavy (non-hydrogen) atoms. The van der Waals surface area contributed by atoms with Crippen LogP contribution in [0.25, 0.3) is 10.8 Å². The Bertz CT molecular complexity index is 911. The van der Waals surface area contributed by atoms with Gasteiger partial charge in [-0.15, -0.1) is 5.06 Å². The van der Waals surface area contributed by atoms with Crippen LogP contribution in [0.4, 0.5) is 0 Å². The van der Waals surface area contributed by atoms with Crippen molar-refractivity contribution in [3.8, 4) is 0 Å². The van der Waals surface area contributed by atoms with Crippen molar-refractivity contribution in [3.63, 3.8) is 0 Å². The van der Waals surface area contributed by atoms with Crippen molar-refractivity contribution in [2.24, 2.45) is 0 Å². The van der Waals surface area contributed by atoms with Gasteiger partial charge in [-0.3, -0.25) is 4.79 Å². The minimum Gasteiger partial charge on any atom is -0.457 e. The monoisotopic (exact) mass is 323 g/mol. The second-order valence-corrected chi connectivity index (χ2v) is 5.36. The van der Waals surface area contributed by atoms with Gasteiger partial charge < -0.3 is 9.25 Å². The molecule has 0 aliphatic carbocycles. The number of furan rings is 1. The molecule has 1 aliphatic heterocycles. The van der Waals surface area contributed by atoms with Crippen LogP contribution < -0.4 is 0 Å². The fourth-order valence-corrected chi connectivity index (χ4v) is 2.90. The summed E-state index contributed by atoms with van der Waals surface area (Å²) < 4.78 is 4.98. The topological polar surface area (TPSA) is 59.8 Å². The number of hydrogen-bond donors (Lipinski definition) is 0. The lowest BCUT2D eigenvalue weighted by Gasteiger charge is -2.27. The van der Waals surface area contributed by atoms with E-state index in [0.29, 0.717) is 11.1 Å². The molecular weight excluding hydrogens is 314 g/mol. The first kappa shape index (κ1) is 13.7. The third-order valence-corrected chi connectivity index (χ3v) is 4.02. The van der Waals surface area contributed by atoms with Gasteiger partial charge in [-0.05, 0) is 23.6 Å². The van der Waals surface area contributed by atoms with E-state index in [-0.39, 0.29) is 10.7 Å². The molecule has 4 rings (SSSR count). The molecule has 0 saturated carbocycles. The Hall–Kier alpha value is -2.99. The maximum absolute atomic E-state index is 12.6. The maximum Gasteiger partial charge on any atom is 0.398 e. The molecule has 0 fully saturated rings. The number of amides is 1. The van der Waals surface area contributed by atoms with Gasteiger partial charge in [0.05, 0.1) is 11.8 Å². The quantitative estimate of drug-likeness (QED) is 0.677. The summed E-state index contributed by atoms with van der Waals surface area (Å²) in [5, 5.41) is 2.53. The second kappa shape index (κ2) is 5.03.